The minimum absolute atomic E-state index is 0.267. The number of rotatable bonds is 5. The highest BCUT2D eigenvalue weighted by Crippen LogP contribution is 2.26. The van der Waals surface area contributed by atoms with Crippen LogP contribution in [0.3, 0.4) is 0 Å². The van der Waals surface area contributed by atoms with E-state index < -0.39 is 5.60 Å². The number of fused-ring (bicyclic) bond motifs is 1. The zero-order chi connectivity index (χ0) is 17.9. The maximum Gasteiger partial charge on any atom is 0.271 e. The van der Waals surface area contributed by atoms with E-state index in [1.165, 1.54) is 6.20 Å². The highest BCUT2D eigenvalue weighted by Gasteiger charge is 2.27. The summed E-state index contributed by atoms with van der Waals surface area (Å²) in [5.41, 5.74) is 1.88. The van der Waals surface area contributed by atoms with E-state index >= 15 is 0 Å². The Hall–Kier alpha value is -2.50. The Morgan fingerprint density at radius 3 is 2.68 bits per heavy atom. The lowest BCUT2D eigenvalue weighted by molar-refractivity contribution is 0.00311. The van der Waals surface area contributed by atoms with Crippen LogP contribution in [0.15, 0.2) is 54.7 Å². The predicted octanol–water partition coefficient (Wildman–Crippen LogP) is 3.57. The van der Waals surface area contributed by atoms with Crippen LogP contribution < -0.4 is 5.32 Å². The van der Waals surface area contributed by atoms with Gasteiger partial charge < -0.3 is 10.1 Å². The number of aromatic nitrogens is 2. The quantitative estimate of drug-likeness (QED) is 0.759. The van der Waals surface area contributed by atoms with Crippen LogP contribution in [0.4, 0.5) is 0 Å². The molecule has 0 spiro atoms. The summed E-state index contributed by atoms with van der Waals surface area (Å²) in [6.07, 6.45) is 1.47. The molecule has 1 N–H and O–H groups in total. The molecule has 3 rings (SSSR count). The number of ether oxygens (including phenoxy) is 1. The number of carbonyl (C=O) groups is 1. The number of nitrogens with one attached hydrogen (secondary N) is 1. The lowest BCUT2D eigenvalue weighted by atomic mass is 9.95. The smallest absolute Gasteiger partial charge is 0.271 e. The third kappa shape index (κ3) is 3.78. The first-order valence-electron chi connectivity index (χ1n) is 7.83. The van der Waals surface area contributed by atoms with Crippen molar-refractivity contribution in [1.29, 1.82) is 0 Å². The fourth-order valence-electron chi connectivity index (χ4n) is 2.52. The molecule has 0 fully saturated rings. The molecule has 0 bridgehead atoms. The van der Waals surface area contributed by atoms with Crippen molar-refractivity contribution in [2.75, 3.05) is 13.7 Å². The average Bonchev–Trinajstić information content (AvgIpc) is 2.65. The SMILES string of the molecule is COC(C)(CNC(=O)c1cnc2ccccc2n1)c1cccc(Cl)c1. The normalized spacial score (nSPS) is 13.4. The molecule has 0 aliphatic carbocycles. The molecule has 0 radical (unpaired) electrons. The Bertz CT molecular complexity index is 916. The zero-order valence-corrected chi connectivity index (χ0v) is 14.7. The number of halogens is 1. The molecule has 0 aliphatic heterocycles. The fourth-order valence-corrected chi connectivity index (χ4v) is 2.71. The molecule has 1 heterocycles. The van der Waals surface area contributed by atoms with E-state index in [4.69, 9.17) is 16.3 Å². The summed E-state index contributed by atoms with van der Waals surface area (Å²) in [4.78, 5) is 21.1. The van der Waals surface area contributed by atoms with Crippen LogP contribution >= 0.6 is 11.6 Å². The standard InChI is InChI=1S/C19H18ClN3O2/c1-19(25-2,13-6-5-7-14(20)10-13)12-22-18(24)17-11-21-15-8-3-4-9-16(15)23-17/h3-11H,12H2,1-2H3,(H,22,24). The van der Waals surface area contributed by atoms with Gasteiger partial charge in [-0.1, -0.05) is 35.9 Å². The number of methoxy groups -OCH3 is 1. The largest absolute Gasteiger partial charge is 0.372 e. The molecule has 6 heteroatoms. The van der Waals surface area contributed by atoms with Crippen LogP contribution in [0.1, 0.15) is 23.0 Å². The summed E-state index contributed by atoms with van der Waals surface area (Å²) in [6, 6.07) is 14.8. The van der Waals surface area contributed by atoms with Gasteiger partial charge in [0.05, 0.1) is 23.8 Å². The van der Waals surface area contributed by atoms with Gasteiger partial charge in [0.2, 0.25) is 0 Å². The van der Waals surface area contributed by atoms with Crippen LogP contribution in [0.2, 0.25) is 5.02 Å². The van der Waals surface area contributed by atoms with Gasteiger partial charge in [-0.05, 0) is 36.8 Å². The maximum absolute atomic E-state index is 12.5. The zero-order valence-electron chi connectivity index (χ0n) is 14.0. The lowest BCUT2D eigenvalue weighted by Crippen LogP contribution is -2.40. The summed E-state index contributed by atoms with van der Waals surface area (Å²) in [7, 11) is 1.60. The molecular formula is C19H18ClN3O2. The van der Waals surface area contributed by atoms with Gasteiger partial charge in [0.15, 0.2) is 0 Å². The topological polar surface area (TPSA) is 64.1 Å². The van der Waals surface area contributed by atoms with Crippen molar-refractivity contribution in [2.24, 2.45) is 0 Å². The van der Waals surface area contributed by atoms with Crippen LogP contribution in [-0.2, 0) is 10.3 Å². The highest BCUT2D eigenvalue weighted by molar-refractivity contribution is 6.30. The first-order valence-corrected chi connectivity index (χ1v) is 8.21. The molecule has 25 heavy (non-hydrogen) atoms. The molecule has 5 nitrogen and oxygen atoms in total. The van der Waals surface area contributed by atoms with Crippen molar-refractivity contribution in [1.82, 2.24) is 15.3 Å². The number of amides is 1. The molecule has 0 saturated carbocycles. The average molecular weight is 356 g/mol. The number of hydrogen-bond acceptors (Lipinski definition) is 4. The van der Waals surface area contributed by atoms with Crippen LogP contribution in [0.25, 0.3) is 11.0 Å². The Labute approximate surface area is 151 Å². The van der Waals surface area contributed by atoms with E-state index in [9.17, 15) is 4.79 Å². The van der Waals surface area contributed by atoms with E-state index in [0.29, 0.717) is 10.5 Å². The number of nitrogens with zero attached hydrogens (tertiary/aromatic N) is 2. The van der Waals surface area contributed by atoms with Crippen molar-refractivity contribution in [3.05, 3.63) is 71.0 Å². The summed E-state index contributed by atoms with van der Waals surface area (Å²) in [5, 5.41) is 3.48. The van der Waals surface area contributed by atoms with Gasteiger partial charge in [0.25, 0.3) is 5.91 Å². The van der Waals surface area contributed by atoms with Gasteiger partial charge >= 0.3 is 0 Å². The molecule has 0 saturated heterocycles. The first-order chi connectivity index (χ1) is 12.0. The summed E-state index contributed by atoms with van der Waals surface area (Å²) in [6.45, 7) is 2.17. The van der Waals surface area contributed by atoms with E-state index in [1.807, 2.05) is 49.4 Å². The molecule has 3 aromatic rings. The second-order valence-corrected chi connectivity index (χ2v) is 6.31. The van der Waals surface area contributed by atoms with Crippen molar-refractivity contribution in [3.8, 4) is 0 Å². The minimum atomic E-state index is -0.704. The van der Waals surface area contributed by atoms with Crippen LogP contribution in [0, 0.1) is 0 Å². The molecule has 1 unspecified atom stereocenters. The molecule has 1 amide bonds. The van der Waals surface area contributed by atoms with E-state index in [2.05, 4.69) is 15.3 Å². The molecule has 1 aromatic heterocycles. The van der Waals surface area contributed by atoms with E-state index in [0.717, 1.165) is 11.1 Å². The fraction of sp³-hybridized carbons (Fsp3) is 0.211. The van der Waals surface area contributed by atoms with Gasteiger partial charge in [0.1, 0.15) is 11.3 Å². The Morgan fingerprint density at radius 1 is 1.20 bits per heavy atom. The van der Waals surface area contributed by atoms with Gasteiger partial charge in [0, 0.05) is 12.1 Å². The van der Waals surface area contributed by atoms with Crippen molar-refractivity contribution in [2.45, 2.75) is 12.5 Å². The van der Waals surface area contributed by atoms with Crippen molar-refractivity contribution >= 4 is 28.5 Å². The summed E-state index contributed by atoms with van der Waals surface area (Å²) < 4.78 is 5.63. The predicted molar refractivity (Wildman–Crippen MR) is 97.7 cm³/mol. The van der Waals surface area contributed by atoms with E-state index in [-0.39, 0.29) is 18.1 Å². The molecule has 1 atom stereocenters. The van der Waals surface area contributed by atoms with Crippen LogP contribution in [0.5, 0.6) is 0 Å². The first kappa shape index (κ1) is 17.3. The van der Waals surface area contributed by atoms with Crippen LogP contribution in [-0.4, -0.2) is 29.5 Å². The maximum atomic E-state index is 12.5. The Balaban J connectivity index is 1.77. The molecular weight excluding hydrogens is 338 g/mol. The monoisotopic (exact) mass is 355 g/mol. The van der Waals surface area contributed by atoms with Crippen molar-refractivity contribution in [3.63, 3.8) is 0 Å². The van der Waals surface area contributed by atoms with Gasteiger partial charge in [-0.15, -0.1) is 0 Å². The third-order valence-corrected chi connectivity index (χ3v) is 4.39. The van der Waals surface area contributed by atoms with E-state index in [1.54, 1.807) is 13.2 Å². The summed E-state index contributed by atoms with van der Waals surface area (Å²) in [5.74, 6) is -0.302. The Kier molecular flexibility index (Phi) is 4.97. The number of carbonyl (C=O) groups excluding carboxylic acids is 1. The lowest BCUT2D eigenvalue weighted by Gasteiger charge is -2.29. The molecule has 2 aromatic carbocycles. The Morgan fingerprint density at radius 2 is 1.96 bits per heavy atom. The highest BCUT2D eigenvalue weighted by atomic mass is 35.5. The number of para-hydroxylation sites is 2. The van der Waals surface area contributed by atoms with Gasteiger partial charge in [-0.25, -0.2) is 4.98 Å². The second kappa shape index (κ2) is 7.17. The van der Waals surface area contributed by atoms with Crippen molar-refractivity contribution < 1.29 is 9.53 Å². The summed E-state index contributed by atoms with van der Waals surface area (Å²) >= 11 is 6.06. The van der Waals surface area contributed by atoms with Gasteiger partial charge in [-0.3, -0.25) is 9.78 Å². The second-order valence-electron chi connectivity index (χ2n) is 5.87. The minimum Gasteiger partial charge on any atom is -0.372 e. The number of hydrogen-bond donors (Lipinski definition) is 1. The molecule has 128 valence electrons. The number of benzene rings is 2. The van der Waals surface area contributed by atoms with Gasteiger partial charge in [-0.2, -0.15) is 0 Å². The third-order valence-electron chi connectivity index (χ3n) is 4.15. The molecule has 0 aliphatic rings.